The van der Waals surface area contributed by atoms with Crippen LogP contribution >= 0.6 is 11.3 Å². The van der Waals surface area contributed by atoms with Gasteiger partial charge in [0.2, 0.25) is 0 Å². The van der Waals surface area contributed by atoms with E-state index in [-0.39, 0.29) is 17.9 Å². The maximum atomic E-state index is 11.5. The Hall–Kier alpha value is -0.900. The van der Waals surface area contributed by atoms with Gasteiger partial charge in [-0.2, -0.15) is 5.26 Å². The molecule has 1 aromatic rings. The van der Waals surface area contributed by atoms with E-state index in [1.54, 1.807) is 0 Å². The van der Waals surface area contributed by atoms with Crippen molar-refractivity contribution >= 4 is 21.2 Å². The molecular weight excluding hydrogens is 258 g/mol. The molecule has 1 aromatic heterocycles. The predicted molar refractivity (Wildman–Crippen MR) is 65.3 cm³/mol. The lowest BCUT2D eigenvalue weighted by Gasteiger charge is -2.25. The Morgan fingerprint density at radius 2 is 2.35 bits per heavy atom. The molecule has 0 aliphatic carbocycles. The summed E-state index contributed by atoms with van der Waals surface area (Å²) < 4.78 is 23.0. The third kappa shape index (κ3) is 2.10. The fourth-order valence-corrected chi connectivity index (χ4v) is 5.15. The second-order valence-corrected chi connectivity index (χ2v) is 7.61. The average Bonchev–Trinajstić information content (AvgIpc) is 2.82. The minimum Gasteiger partial charge on any atom is -0.386 e. The molecule has 2 atom stereocenters. The average molecular weight is 271 g/mol. The van der Waals surface area contributed by atoms with Crippen molar-refractivity contribution in [1.82, 2.24) is 0 Å². The molecule has 0 bridgehead atoms. The van der Waals surface area contributed by atoms with E-state index in [0.717, 1.165) is 5.56 Å². The van der Waals surface area contributed by atoms with Crippen LogP contribution in [0.15, 0.2) is 11.4 Å². The molecule has 0 radical (unpaired) electrons. The highest BCUT2D eigenvalue weighted by Crippen LogP contribution is 2.44. The quantitative estimate of drug-likeness (QED) is 0.882. The van der Waals surface area contributed by atoms with Gasteiger partial charge in [0.05, 0.1) is 17.6 Å². The first-order valence-corrected chi connectivity index (χ1v) is 7.94. The molecule has 0 amide bonds. The zero-order valence-electron chi connectivity index (χ0n) is 9.38. The molecule has 2 unspecified atom stereocenters. The standard InChI is InChI=1S/C11H13NO3S2/c1-8-2-4-16-9(8)10(13)11(6-12)3-5-17(14,15)7-11/h2,4,10,13H,3,5,7H2,1H3. The van der Waals surface area contributed by atoms with Gasteiger partial charge in [-0.3, -0.25) is 0 Å². The van der Waals surface area contributed by atoms with E-state index >= 15 is 0 Å². The molecule has 2 heterocycles. The van der Waals surface area contributed by atoms with Crippen molar-refractivity contribution < 1.29 is 13.5 Å². The van der Waals surface area contributed by atoms with Crippen LogP contribution in [0.4, 0.5) is 0 Å². The van der Waals surface area contributed by atoms with Crippen molar-refractivity contribution in [3.63, 3.8) is 0 Å². The molecule has 1 aliphatic rings. The molecule has 4 nitrogen and oxygen atoms in total. The lowest BCUT2D eigenvalue weighted by molar-refractivity contribution is 0.0821. The second kappa shape index (κ2) is 4.09. The van der Waals surface area contributed by atoms with Crippen LogP contribution in [0.1, 0.15) is 23.0 Å². The van der Waals surface area contributed by atoms with Crippen LogP contribution in [-0.2, 0) is 9.84 Å². The van der Waals surface area contributed by atoms with E-state index in [1.165, 1.54) is 11.3 Å². The number of hydrogen-bond acceptors (Lipinski definition) is 5. The summed E-state index contributed by atoms with van der Waals surface area (Å²) in [4.78, 5) is 0.698. The molecule has 92 valence electrons. The summed E-state index contributed by atoms with van der Waals surface area (Å²) in [6, 6.07) is 3.88. The molecule has 1 N–H and O–H groups in total. The maximum absolute atomic E-state index is 11.5. The van der Waals surface area contributed by atoms with E-state index in [1.807, 2.05) is 24.4 Å². The Morgan fingerprint density at radius 1 is 1.65 bits per heavy atom. The topological polar surface area (TPSA) is 78.2 Å². The van der Waals surface area contributed by atoms with Crippen LogP contribution in [0.5, 0.6) is 0 Å². The van der Waals surface area contributed by atoms with Gasteiger partial charge in [-0.1, -0.05) is 0 Å². The number of hydrogen-bond donors (Lipinski definition) is 1. The summed E-state index contributed by atoms with van der Waals surface area (Å²) in [5, 5.41) is 21.4. The van der Waals surface area contributed by atoms with E-state index < -0.39 is 21.4 Å². The van der Waals surface area contributed by atoms with Gasteiger partial charge in [0.1, 0.15) is 11.5 Å². The second-order valence-electron chi connectivity index (χ2n) is 4.48. The van der Waals surface area contributed by atoms with Crippen LogP contribution in [0.3, 0.4) is 0 Å². The van der Waals surface area contributed by atoms with Gasteiger partial charge >= 0.3 is 0 Å². The van der Waals surface area contributed by atoms with Gasteiger partial charge in [0.25, 0.3) is 0 Å². The van der Waals surface area contributed by atoms with Gasteiger partial charge in [-0.15, -0.1) is 11.3 Å². The SMILES string of the molecule is Cc1ccsc1C(O)C1(C#N)CCS(=O)(=O)C1. The number of aliphatic hydroxyl groups is 1. The third-order valence-electron chi connectivity index (χ3n) is 3.23. The number of aryl methyl sites for hydroxylation is 1. The highest BCUT2D eigenvalue weighted by atomic mass is 32.2. The van der Waals surface area contributed by atoms with E-state index in [9.17, 15) is 18.8 Å². The molecule has 0 aromatic carbocycles. The molecule has 2 rings (SSSR count). The van der Waals surface area contributed by atoms with Gasteiger partial charge in [0.15, 0.2) is 9.84 Å². The minimum absolute atomic E-state index is 0.0119. The fraction of sp³-hybridized carbons (Fsp3) is 0.545. The molecule has 1 saturated heterocycles. The largest absolute Gasteiger partial charge is 0.386 e. The summed E-state index contributed by atoms with van der Waals surface area (Å²) in [6.45, 7) is 1.85. The van der Waals surface area contributed by atoms with Crippen molar-refractivity contribution in [2.45, 2.75) is 19.4 Å². The number of rotatable bonds is 2. The van der Waals surface area contributed by atoms with Crippen molar-refractivity contribution in [2.75, 3.05) is 11.5 Å². The molecule has 1 aliphatic heterocycles. The number of thiophene rings is 1. The van der Waals surface area contributed by atoms with Gasteiger partial charge < -0.3 is 5.11 Å². The summed E-state index contributed by atoms with van der Waals surface area (Å²) >= 11 is 1.36. The van der Waals surface area contributed by atoms with E-state index in [0.29, 0.717) is 4.88 Å². The number of nitriles is 1. The molecule has 17 heavy (non-hydrogen) atoms. The summed E-state index contributed by atoms with van der Waals surface area (Å²) in [7, 11) is -3.19. The third-order valence-corrected chi connectivity index (χ3v) is 6.09. The first kappa shape index (κ1) is 12.6. The van der Waals surface area contributed by atoms with Crippen molar-refractivity contribution in [2.24, 2.45) is 5.41 Å². The Balaban J connectivity index is 2.39. The maximum Gasteiger partial charge on any atom is 0.152 e. The summed E-state index contributed by atoms with van der Waals surface area (Å²) in [6.07, 6.45) is -0.797. The highest BCUT2D eigenvalue weighted by Gasteiger charge is 2.49. The Kier molecular flexibility index (Phi) is 3.02. The summed E-state index contributed by atoms with van der Waals surface area (Å²) in [5.74, 6) is -0.253. The van der Waals surface area contributed by atoms with Gasteiger partial charge in [-0.05, 0) is 30.4 Å². The molecule has 0 saturated carbocycles. The smallest absolute Gasteiger partial charge is 0.152 e. The van der Waals surface area contributed by atoms with Gasteiger partial charge in [0, 0.05) is 4.88 Å². The van der Waals surface area contributed by atoms with Crippen LogP contribution < -0.4 is 0 Å². The van der Waals surface area contributed by atoms with Crippen LogP contribution in [0.25, 0.3) is 0 Å². The first-order chi connectivity index (χ1) is 7.90. The first-order valence-electron chi connectivity index (χ1n) is 5.24. The lowest BCUT2D eigenvalue weighted by atomic mass is 9.82. The molecule has 0 spiro atoms. The minimum atomic E-state index is -3.19. The highest BCUT2D eigenvalue weighted by molar-refractivity contribution is 7.91. The number of nitrogens with zero attached hydrogens (tertiary/aromatic N) is 1. The molecule has 6 heteroatoms. The lowest BCUT2D eigenvalue weighted by Crippen LogP contribution is -2.28. The Bertz CT molecular complexity index is 570. The zero-order valence-corrected chi connectivity index (χ0v) is 11.0. The molecule has 1 fully saturated rings. The zero-order chi connectivity index (χ0) is 12.7. The van der Waals surface area contributed by atoms with Crippen molar-refractivity contribution in [3.05, 3.63) is 21.9 Å². The predicted octanol–water partition coefficient (Wildman–Crippen LogP) is 1.42. The van der Waals surface area contributed by atoms with E-state index in [2.05, 4.69) is 0 Å². The number of sulfone groups is 1. The molecular formula is C11H13NO3S2. The van der Waals surface area contributed by atoms with Crippen LogP contribution in [0, 0.1) is 23.7 Å². The normalized spacial score (nSPS) is 28.8. The summed E-state index contributed by atoms with van der Waals surface area (Å²) in [5.41, 5.74) is -0.268. The number of aliphatic hydroxyl groups excluding tert-OH is 1. The van der Waals surface area contributed by atoms with Crippen LogP contribution in [-0.4, -0.2) is 25.0 Å². The monoisotopic (exact) mass is 271 g/mol. The van der Waals surface area contributed by atoms with Crippen LogP contribution in [0.2, 0.25) is 0 Å². The fourth-order valence-electron chi connectivity index (χ4n) is 2.15. The van der Waals surface area contributed by atoms with Gasteiger partial charge in [-0.25, -0.2) is 8.42 Å². The van der Waals surface area contributed by atoms with Crippen molar-refractivity contribution in [3.8, 4) is 6.07 Å². The Labute approximate surface area is 104 Å². The van der Waals surface area contributed by atoms with Crippen molar-refractivity contribution in [1.29, 1.82) is 5.26 Å². The Morgan fingerprint density at radius 3 is 2.76 bits per heavy atom. The van der Waals surface area contributed by atoms with E-state index in [4.69, 9.17) is 0 Å².